The van der Waals surface area contributed by atoms with Gasteiger partial charge in [-0.1, -0.05) is 129 Å². The Kier molecular flexibility index (Phi) is 16.4. The van der Waals surface area contributed by atoms with Crippen LogP contribution in [0.5, 0.6) is 0 Å². The SMILES string of the molecule is CC(C)(C)c1ccc2[cH-]c3ccc(C(C)(C)C)cc3c2c1.CC(C)C1[C-]=CC(C(C)(C)C)=C1.Clc1ccc([C](=[Zr+2])c2ccc(Cl)cc2)cc1.[Cl-].[Cl-]. The van der Waals surface area contributed by atoms with E-state index in [1.165, 1.54) is 76.8 Å². The summed E-state index contributed by atoms with van der Waals surface area (Å²) < 4.78 is 1.31. The van der Waals surface area contributed by atoms with Crippen LogP contribution in [0.1, 0.15) is 98.4 Å². The van der Waals surface area contributed by atoms with E-state index in [9.17, 15) is 0 Å². The van der Waals surface area contributed by atoms with E-state index in [1.54, 1.807) is 0 Å². The third kappa shape index (κ3) is 12.3. The molecule has 0 N–H and O–H groups in total. The number of halogens is 4. The van der Waals surface area contributed by atoms with Crippen LogP contribution in [-0.4, -0.2) is 3.21 Å². The number of rotatable bonds is 3. The Morgan fingerprint density at radius 3 is 1.31 bits per heavy atom. The van der Waals surface area contributed by atoms with Crippen molar-refractivity contribution in [3.05, 3.63) is 147 Å². The molecule has 0 amide bonds. The van der Waals surface area contributed by atoms with Crippen molar-refractivity contribution in [1.82, 2.24) is 0 Å². The molecule has 1 aliphatic carbocycles. The molecule has 0 fully saturated rings. The average Bonchev–Trinajstić information content (AvgIpc) is 3.67. The molecule has 0 aliphatic heterocycles. The molecule has 5 aromatic carbocycles. The molecule has 1 unspecified atom stereocenters. The van der Waals surface area contributed by atoms with Crippen molar-refractivity contribution >= 4 is 48.0 Å². The van der Waals surface area contributed by atoms with Gasteiger partial charge in [0.1, 0.15) is 0 Å². The van der Waals surface area contributed by atoms with Gasteiger partial charge in [-0.2, -0.15) is 11.6 Å². The van der Waals surface area contributed by atoms with E-state index in [4.69, 9.17) is 23.2 Å². The number of benzene rings is 4. The summed E-state index contributed by atoms with van der Waals surface area (Å²) >= 11 is 13.1. The largest absolute Gasteiger partial charge is 1.00 e. The smallest absolute Gasteiger partial charge is 1.00 e. The Morgan fingerprint density at radius 2 is 1.02 bits per heavy atom. The number of hydrogen-bond acceptors (Lipinski definition) is 0. The van der Waals surface area contributed by atoms with Crippen LogP contribution in [-0.2, 0) is 35.1 Å². The van der Waals surface area contributed by atoms with Crippen molar-refractivity contribution < 1.29 is 49.0 Å². The predicted octanol–water partition coefficient (Wildman–Crippen LogP) is 8.03. The first-order chi connectivity index (χ1) is 22.7. The Hall–Kier alpha value is -1.86. The summed E-state index contributed by atoms with van der Waals surface area (Å²) in [5.74, 6) is 1.22. The summed E-state index contributed by atoms with van der Waals surface area (Å²) in [6.45, 7) is 24.9. The number of fused-ring (bicyclic) bond motifs is 3. The van der Waals surface area contributed by atoms with E-state index in [0.29, 0.717) is 11.8 Å². The first-order valence-corrected chi connectivity index (χ1v) is 19.3. The molecule has 0 bridgehead atoms. The molecule has 0 heterocycles. The van der Waals surface area contributed by atoms with Gasteiger partial charge in [0, 0.05) is 0 Å². The molecule has 0 aromatic heterocycles. The fourth-order valence-electron chi connectivity index (χ4n) is 5.66. The fraction of sp³-hybridized carbons (Fsp3) is 0.348. The predicted molar refractivity (Wildman–Crippen MR) is 214 cm³/mol. The molecule has 6 rings (SSSR count). The maximum atomic E-state index is 5.86. The molecular weight excluding hydrogens is 786 g/mol. The first kappa shape index (κ1) is 45.3. The van der Waals surface area contributed by atoms with Gasteiger partial charge in [0.2, 0.25) is 0 Å². The van der Waals surface area contributed by atoms with Gasteiger partial charge in [-0.25, -0.2) is 6.08 Å². The van der Waals surface area contributed by atoms with Crippen molar-refractivity contribution in [2.24, 2.45) is 17.3 Å². The van der Waals surface area contributed by atoms with Crippen molar-refractivity contribution in [2.45, 2.75) is 87.0 Å². The van der Waals surface area contributed by atoms with Gasteiger partial charge in [-0.15, -0.1) is 39.7 Å². The van der Waals surface area contributed by atoms with Gasteiger partial charge >= 0.3 is 120 Å². The monoisotopic (exact) mass is 834 g/mol. The third-order valence-corrected chi connectivity index (χ3v) is 11.0. The van der Waals surface area contributed by atoms with E-state index < -0.39 is 0 Å². The Bertz CT molecular complexity index is 1840. The minimum Gasteiger partial charge on any atom is -1.00 e. The maximum Gasteiger partial charge on any atom is -1.00 e. The van der Waals surface area contributed by atoms with Crippen LogP contribution in [0.25, 0.3) is 21.5 Å². The van der Waals surface area contributed by atoms with E-state index in [1.807, 2.05) is 48.5 Å². The fourth-order valence-corrected chi connectivity index (χ4v) is 6.73. The second-order valence-electron chi connectivity index (χ2n) is 16.6. The van der Waals surface area contributed by atoms with Crippen LogP contribution in [0, 0.1) is 23.3 Å². The standard InChI is InChI=1S/C21H25.C13H8Cl2.C12H19.2ClH.Zr/c1-20(2,3)16-9-7-14-11-15-8-10-17(21(4,5)6)13-19(15)18(14)12-16;14-12-5-1-10(2-6-12)9-11-3-7-13(15)8-4-11;1-9(2)10-6-7-11(8-10)12(3,4)5;;;/h7-13H,1-6H3;1-8H;7-10H,1-5H3;2*1H;/q-1;;-1;;;+2/p-2. The average molecular weight is 838 g/mol. The van der Waals surface area contributed by atoms with Crippen molar-refractivity contribution in [3.63, 3.8) is 0 Å². The van der Waals surface area contributed by atoms with Crippen LogP contribution < -0.4 is 24.8 Å². The zero-order valence-electron chi connectivity index (χ0n) is 32.0. The third-order valence-electron chi connectivity index (χ3n) is 9.08. The van der Waals surface area contributed by atoms with Crippen LogP contribution in [0.4, 0.5) is 0 Å². The van der Waals surface area contributed by atoms with Crippen molar-refractivity contribution in [2.75, 3.05) is 0 Å². The summed E-state index contributed by atoms with van der Waals surface area (Å²) in [6, 6.07) is 32.0. The second kappa shape index (κ2) is 18.5. The van der Waals surface area contributed by atoms with Gasteiger partial charge in [-0.3, -0.25) is 6.08 Å². The van der Waals surface area contributed by atoms with E-state index >= 15 is 0 Å². The molecule has 0 radical (unpaired) electrons. The van der Waals surface area contributed by atoms with Crippen molar-refractivity contribution in [1.29, 1.82) is 0 Å². The van der Waals surface area contributed by atoms with E-state index in [-0.39, 0.29) is 41.1 Å². The maximum absolute atomic E-state index is 5.86. The molecule has 51 heavy (non-hydrogen) atoms. The minimum absolute atomic E-state index is 0. The van der Waals surface area contributed by atoms with Crippen LogP contribution in [0.2, 0.25) is 10.0 Å². The number of allylic oxidation sites excluding steroid dienone is 4. The summed E-state index contributed by atoms with van der Waals surface area (Å²) in [5, 5.41) is 7.02. The van der Waals surface area contributed by atoms with Gasteiger partial charge < -0.3 is 24.8 Å². The molecule has 0 nitrogen and oxygen atoms in total. The summed E-state index contributed by atoms with van der Waals surface area (Å²) in [6.07, 6.45) is 7.90. The zero-order valence-corrected chi connectivity index (χ0v) is 37.5. The minimum atomic E-state index is 0. The molecule has 1 aliphatic rings. The summed E-state index contributed by atoms with van der Waals surface area (Å²) in [7, 11) is 0. The molecule has 0 spiro atoms. The van der Waals surface area contributed by atoms with E-state index in [2.05, 4.69) is 137 Å². The molecule has 5 aromatic rings. The normalized spacial score (nSPS) is 14.2. The molecule has 1 atom stereocenters. The molecule has 270 valence electrons. The summed E-state index contributed by atoms with van der Waals surface area (Å²) in [4.78, 5) is 0. The Labute approximate surface area is 345 Å². The van der Waals surface area contributed by atoms with Crippen molar-refractivity contribution in [3.8, 4) is 0 Å². The van der Waals surface area contributed by atoms with E-state index in [0.717, 1.165) is 10.0 Å². The first-order valence-electron chi connectivity index (χ1n) is 17.3. The summed E-state index contributed by atoms with van der Waals surface area (Å²) in [5.41, 5.74) is 7.35. The second-order valence-corrected chi connectivity index (χ2v) is 18.7. The molecule has 5 heteroatoms. The Balaban J connectivity index is 0.000000270. The quantitative estimate of drug-likeness (QED) is 0.162. The van der Waals surface area contributed by atoms with Gasteiger partial charge in [-0.05, 0) is 10.8 Å². The molecule has 0 saturated carbocycles. The number of hydrogen-bond donors (Lipinski definition) is 0. The molecular formula is C46H52Cl4Zr-2. The topological polar surface area (TPSA) is 0 Å². The molecule has 0 saturated heterocycles. The van der Waals surface area contributed by atoms with Gasteiger partial charge in [0.05, 0.1) is 0 Å². The Morgan fingerprint density at radius 1 is 0.627 bits per heavy atom. The van der Waals surface area contributed by atoms with Crippen LogP contribution >= 0.6 is 23.2 Å². The van der Waals surface area contributed by atoms with Gasteiger partial charge in [0.25, 0.3) is 0 Å². The van der Waals surface area contributed by atoms with Crippen LogP contribution in [0.15, 0.2) is 109 Å². The zero-order chi connectivity index (χ0) is 36.3. The van der Waals surface area contributed by atoms with Gasteiger partial charge in [0.15, 0.2) is 0 Å². The van der Waals surface area contributed by atoms with Crippen LogP contribution in [0.3, 0.4) is 0 Å².